The van der Waals surface area contributed by atoms with Gasteiger partial charge in [-0.15, -0.1) is 0 Å². The van der Waals surface area contributed by atoms with E-state index in [9.17, 15) is 9.59 Å². The van der Waals surface area contributed by atoms with Crippen molar-refractivity contribution in [3.8, 4) is 0 Å². The summed E-state index contributed by atoms with van der Waals surface area (Å²) >= 11 is 0. The number of ketones is 1. The Kier molecular flexibility index (Phi) is 1.07. The molecule has 4 nitrogen and oxygen atoms in total. The second-order valence-electron chi connectivity index (χ2n) is 1.24. The number of rotatable bonds is 0. The van der Waals surface area contributed by atoms with Gasteiger partial charge in [0.05, 0.1) is 6.21 Å². The second kappa shape index (κ2) is 1.73. The predicted octanol–water partition coefficient (Wildman–Crippen LogP) is -0.859. The number of cyclic esters (lactones) is 1. The zero-order valence-electron chi connectivity index (χ0n) is 3.96. The Morgan fingerprint density at radius 3 is 2.75 bits per heavy atom. The highest BCUT2D eigenvalue weighted by atomic mass is 16.5. The number of carbonyl (C=O) groups excluding carboxylic acids is 2. The first kappa shape index (κ1) is 4.96. The van der Waals surface area contributed by atoms with Gasteiger partial charge in [-0.25, -0.2) is 9.79 Å². The van der Waals surface area contributed by atoms with E-state index in [2.05, 4.69) is 9.73 Å². The molecule has 0 spiro atoms. The van der Waals surface area contributed by atoms with E-state index in [0.29, 0.717) is 0 Å². The van der Waals surface area contributed by atoms with Crippen LogP contribution in [0.25, 0.3) is 0 Å². The summed E-state index contributed by atoms with van der Waals surface area (Å²) in [4.78, 5) is 23.7. The molecule has 0 saturated heterocycles. The Morgan fingerprint density at radius 1 is 1.62 bits per heavy atom. The van der Waals surface area contributed by atoms with Gasteiger partial charge in [-0.05, 0) is 0 Å². The monoisotopic (exact) mass is 113 g/mol. The smallest absolute Gasteiger partial charge is 0.382 e. The highest BCUT2D eigenvalue weighted by Crippen LogP contribution is 1.85. The van der Waals surface area contributed by atoms with Crippen LogP contribution >= 0.6 is 0 Å². The fourth-order valence-corrected chi connectivity index (χ4v) is 0.340. The zero-order valence-corrected chi connectivity index (χ0v) is 3.96. The van der Waals surface area contributed by atoms with Crippen LogP contribution in [-0.2, 0) is 14.3 Å². The molecule has 8 heavy (non-hydrogen) atoms. The van der Waals surface area contributed by atoms with Crippen molar-refractivity contribution < 1.29 is 14.3 Å². The van der Waals surface area contributed by atoms with E-state index in [4.69, 9.17) is 0 Å². The lowest BCUT2D eigenvalue weighted by Gasteiger charge is -2.00. The average molecular weight is 113 g/mol. The Labute approximate surface area is 45.2 Å². The van der Waals surface area contributed by atoms with Crippen LogP contribution in [0.4, 0.5) is 0 Å². The maximum Gasteiger partial charge on any atom is 0.382 e. The molecule has 0 aromatic carbocycles. The highest BCUT2D eigenvalue weighted by Gasteiger charge is 2.14. The number of nitrogens with zero attached hydrogens (tertiary/aromatic N) is 1. The quantitative estimate of drug-likeness (QED) is 0.303. The number of hydrogen-bond acceptors (Lipinski definition) is 4. The van der Waals surface area contributed by atoms with Crippen LogP contribution in [0.3, 0.4) is 0 Å². The van der Waals surface area contributed by atoms with Crippen molar-refractivity contribution in [2.45, 2.75) is 0 Å². The molecule has 0 aromatic heterocycles. The predicted molar refractivity (Wildman–Crippen MR) is 24.5 cm³/mol. The van der Waals surface area contributed by atoms with Gasteiger partial charge in [0.2, 0.25) is 0 Å². The van der Waals surface area contributed by atoms with Gasteiger partial charge in [-0.1, -0.05) is 0 Å². The fourth-order valence-electron chi connectivity index (χ4n) is 0.340. The van der Waals surface area contributed by atoms with E-state index in [0.717, 1.165) is 6.21 Å². The Morgan fingerprint density at radius 2 is 2.38 bits per heavy atom. The van der Waals surface area contributed by atoms with Crippen LogP contribution < -0.4 is 0 Å². The van der Waals surface area contributed by atoms with Crippen molar-refractivity contribution in [2.75, 3.05) is 6.73 Å². The molecule has 0 radical (unpaired) electrons. The third kappa shape index (κ3) is 0.726. The van der Waals surface area contributed by atoms with Crippen LogP contribution in [0.5, 0.6) is 0 Å². The van der Waals surface area contributed by atoms with E-state index in [1.54, 1.807) is 0 Å². The maximum absolute atomic E-state index is 10.2. The van der Waals surface area contributed by atoms with Gasteiger partial charge < -0.3 is 4.74 Å². The van der Waals surface area contributed by atoms with Gasteiger partial charge in [0, 0.05) is 0 Å². The summed E-state index contributed by atoms with van der Waals surface area (Å²) < 4.78 is 4.20. The van der Waals surface area contributed by atoms with Gasteiger partial charge in [-0.2, -0.15) is 0 Å². The van der Waals surface area contributed by atoms with Gasteiger partial charge in [0.1, 0.15) is 0 Å². The summed E-state index contributed by atoms with van der Waals surface area (Å²) in [6.45, 7) is -0.0232. The molecule has 42 valence electrons. The SMILES string of the molecule is O=C1C=NCOC1=O. The lowest BCUT2D eigenvalue weighted by molar-refractivity contribution is -0.151. The molecule has 0 fully saturated rings. The molecule has 0 unspecified atom stereocenters. The largest absolute Gasteiger partial charge is 0.436 e. The lowest BCUT2D eigenvalue weighted by atomic mass is 10.4. The Hall–Kier alpha value is -1.19. The molecule has 4 heteroatoms. The topological polar surface area (TPSA) is 55.7 Å². The number of ether oxygens (including phenoxy) is 1. The van der Waals surface area contributed by atoms with E-state index >= 15 is 0 Å². The first-order valence-electron chi connectivity index (χ1n) is 2.01. The summed E-state index contributed by atoms with van der Waals surface area (Å²) in [6.07, 6.45) is 0.964. The molecular formula is C4H3NO3. The molecule has 0 bridgehead atoms. The van der Waals surface area contributed by atoms with Crippen molar-refractivity contribution >= 4 is 18.0 Å². The summed E-state index contributed by atoms with van der Waals surface area (Å²) in [7, 11) is 0. The molecule has 0 atom stereocenters. The third-order valence-electron chi connectivity index (χ3n) is 0.680. The summed E-state index contributed by atoms with van der Waals surface area (Å²) in [5.74, 6) is -1.50. The van der Waals surface area contributed by atoms with Crippen LogP contribution in [0.2, 0.25) is 0 Å². The van der Waals surface area contributed by atoms with E-state index in [-0.39, 0.29) is 6.73 Å². The summed E-state index contributed by atoms with van der Waals surface area (Å²) in [5.41, 5.74) is 0. The molecule has 0 aromatic rings. The van der Waals surface area contributed by atoms with Crippen molar-refractivity contribution in [1.29, 1.82) is 0 Å². The van der Waals surface area contributed by atoms with Crippen molar-refractivity contribution in [3.63, 3.8) is 0 Å². The molecule has 1 aliphatic heterocycles. The normalized spacial score (nSPS) is 18.5. The minimum atomic E-state index is -0.819. The zero-order chi connectivity index (χ0) is 5.98. The number of esters is 1. The van der Waals surface area contributed by atoms with Crippen LogP contribution in [0, 0.1) is 0 Å². The summed E-state index contributed by atoms with van der Waals surface area (Å²) in [5, 5.41) is 0. The van der Waals surface area contributed by atoms with Crippen LogP contribution in [0.1, 0.15) is 0 Å². The molecule has 1 rings (SSSR count). The molecule has 0 N–H and O–H groups in total. The van der Waals surface area contributed by atoms with E-state index in [1.165, 1.54) is 0 Å². The number of hydrogen-bond donors (Lipinski definition) is 0. The Balaban J connectivity index is 2.75. The van der Waals surface area contributed by atoms with Crippen molar-refractivity contribution in [2.24, 2.45) is 4.99 Å². The van der Waals surface area contributed by atoms with Crippen LogP contribution in [0.15, 0.2) is 4.99 Å². The summed E-state index contributed by atoms with van der Waals surface area (Å²) in [6, 6.07) is 0. The standard InChI is InChI=1S/C4H3NO3/c6-3-1-5-2-8-4(3)7/h1H,2H2. The van der Waals surface area contributed by atoms with Crippen molar-refractivity contribution in [3.05, 3.63) is 0 Å². The van der Waals surface area contributed by atoms with Gasteiger partial charge in [0.15, 0.2) is 6.73 Å². The third-order valence-corrected chi connectivity index (χ3v) is 0.680. The van der Waals surface area contributed by atoms with Gasteiger partial charge in [0.25, 0.3) is 5.78 Å². The Bertz CT molecular complexity index is 161. The van der Waals surface area contributed by atoms with Gasteiger partial charge >= 0.3 is 5.97 Å². The van der Waals surface area contributed by atoms with E-state index < -0.39 is 11.8 Å². The molecule has 0 aliphatic carbocycles. The highest BCUT2D eigenvalue weighted by molar-refractivity contribution is 6.57. The first-order valence-corrected chi connectivity index (χ1v) is 2.01. The second-order valence-corrected chi connectivity index (χ2v) is 1.24. The average Bonchev–Trinajstić information content (AvgIpc) is 1.77. The molecule has 0 saturated carbocycles. The first-order chi connectivity index (χ1) is 3.80. The minimum Gasteiger partial charge on any atom is -0.436 e. The van der Waals surface area contributed by atoms with E-state index in [1.807, 2.05) is 0 Å². The van der Waals surface area contributed by atoms with Crippen LogP contribution in [-0.4, -0.2) is 24.7 Å². The fraction of sp³-hybridized carbons (Fsp3) is 0.250. The molecule has 1 aliphatic rings. The maximum atomic E-state index is 10.2. The number of aliphatic imine (C=N–C) groups is 1. The lowest BCUT2D eigenvalue weighted by Crippen LogP contribution is -2.22. The van der Waals surface area contributed by atoms with Gasteiger partial charge in [-0.3, -0.25) is 4.79 Å². The minimum absolute atomic E-state index is 0.0232. The molecular weight excluding hydrogens is 110 g/mol. The number of Topliss-reactive ketones (excluding diaryl/α,β-unsaturated/α-hetero) is 1. The molecule has 0 amide bonds. The number of carbonyl (C=O) groups is 2. The molecule has 1 heterocycles. The van der Waals surface area contributed by atoms with Crippen molar-refractivity contribution in [1.82, 2.24) is 0 Å².